The first-order valence-corrected chi connectivity index (χ1v) is 21.0. The fourth-order valence-electron chi connectivity index (χ4n) is 7.50. The van der Waals surface area contributed by atoms with Gasteiger partial charge < -0.3 is 30.6 Å². The Bertz CT molecular complexity index is 2650. The monoisotopic (exact) mass is 884 g/mol. The number of phenols is 2. The molecule has 1 aliphatic rings. The predicted octanol–water partition coefficient (Wildman–Crippen LogP) is 8.35. The van der Waals surface area contributed by atoms with Crippen molar-refractivity contribution in [2.75, 3.05) is 25.0 Å². The lowest BCUT2D eigenvalue weighted by molar-refractivity contribution is -0.151. The van der Waals surface area contributed by atoms with Crippen molar-refractivity contribution in [3.05, 3.63) is 128 Å². The highest BCUT2D eigenvalue weighted by atomic mass is 35.5. The molecule has 6 N–H and O–H groups in total. The molecule has 0 bridgehead atoms. The van der Waals surface area contributed by atoms with Gasteiger partial charge in [-0.2, -0.15) is 5.10 Å². The van der Waals surface area contributed by atoms with Crippen LogP contribution in [-0.4, -0.2) is 77.5 Å². The van der Waals surface area contributed by atoms with E-state index in [2.05, 4.69) is 30.8 Å². The van der Waals surface area contributed by atoms with E-state index in [4.69, 9.17) is 27.9 Å². The number of aromatic nitrogens is 5. The summed E-state index contributed by atoms with van der Waals surface area (Å²) in [5, 5.41) is 34.5. The van der Waals surface area contributed by atoms with E-state index in [1.54, 1.807) is 60.9 Å². The summed E-state index contributed by atoms with van der Waals surface area (Å²) in [4.78, 5) is 49.3. The Balaban J connectivity index is 0.969. The van der Waals surface area contributed by atoms with Crippen molar-refractivity contribution >= 4 is 40.9 Å². The van der Waals surface area contributed by atoms with Crippen LogP contribution in [-0.2, 0) is 16.1 Å². The quantitative estimate of drug-likeness (QED) is 0.0580. The van der Waals surface area contributed by atoms with E-state index < -0.39 is 35.3 Å². The number of aromatic amines is 2. The van der Waals surface area contributed by atoms with Crippen LogP contribution >= 0.6 is 23.2 Å². The maximum absolute atomic E-state index is 15.7. The maximum atomic E-state index is 15.7. The second-order valence-electron chi connectivity index (χ2n) is 16.0. The van der Waals surface area contributed by atoms with Gasteiger partial charge in [-0.15, -0.1) is 0 Å². The topological polar surface area (TPSA) is 190 Å². The molecule has 0 aliphatic carbocycles. The van der Waals surface area contributed by atoms with Crippen molar-refractivity contribution in [1.82, 2.24) is 34.9 Å². The van der Waals surface area contributed by atoms with Gasteiger partial charge in [0, 0.05) is 52.8 Å². The number of aromatic hydroxyl groups is 2. The fourth-order valence-corrected chi connectivity index (χ4v) is 7.91. The number of esters is 1. The second kappa shape index (κ2) is 18.8. The molecule has 1 atom stereocenters. The highest BCUT2D eigenvalue weighted by Crippen LogP contribution is 2.38. The highest BCUT2D eigenvalue weighted by Gasteiger charge is 2.29. The average molecular weight is 886 g/mol. The summed E-state index contributed by atoms with van der Waals surface area (Å²) >= 11 is 12.8. The van der Waals surface area contributed by atoms with E-state index in [-0.39, 0.29) is 59.4 Å². The van der Waals surface area contributed by atoms with Gasteiger partial charge in [-0.1, -0.05) is 55.2 Å². The van der Waals surface area contributed by atoms with Crippen LogP contribution < -0.4 is 16.3 Å². The number of carbonyl (C=O) groups excluding carboxylic acids is 2. The van der Waals surface area contributed by atoms with E-state index in [0.717, 1.165) is 0 Å². The van der Waals surface area contributed by atoms with Crippen LogP contribution in [0.15, 0.2) is 83.9 Å². The van der Waals surface area contributed by atoms with E-state index in [1.807, 2.05) is 38.7 Å². The highest BCUT2D eigenvalue weighted by molar-refractivity contribution is 6.33. The number of rotatable bonds is 14. The molecule has 0 saturated carbocycles. The third-order valence-corrected chi connectivity index (χ3v) is 11.3. The molecule has 4 heterocycles. The molecule has 7 rings (SSSR count). The molecule has 14 nitrogen and oxygen atoms in total. The zero-order valence-electron chi connectivity index (χ0n) is 34.5. The average Bonchev–Trinajstić information content (AvgIpc) is 3.88. The van der Waals surface area contributed by atoms with Gasteiger partial charge in [-0.25, -0.2) is 23.8 Å². The minimum Gasteiger partial charge on any atom is -0.508 e. The first-order chi connectivity index (χ1) is 29.6. The van der Waals surface area contributed by atoms with Crippen molar-refractivity contribution in [2.24, 2.45) is 5.92 Å². The fraction of sp³-hybridized carbons (Fsp3) is 0.311. The third kappa shape index (κ3) is 9.96. The number of likely N-dealkylation sites (tertiary alicyclic amines) is 1. The number of hydrogen-bond acceptors (Lipinski definition) is 10. The van der Waals surface area contributed by atoms with Crippen LogP contribution in [0.25, 0.3) is 28.2 Å². The molecule has 3 aromatic carbocycles. The molecule has 1 aliphatic heterocycles. The van der Waals surface area contributed by atoms with Gasteiger partial charge >= 0.3 is 11.7 Å². The van der Waals surface area contributed by atoms with Gasteiger partial charge in [-0.3, -0.25) is 14.5 Å². The summed E-state index contributed by atoms with van der Waals surface area (Å²) in [5.41, 5.74) is 3.04. The number of ether oxygens (including phenoxy) is 1. The zero-order valence-corrected chi connectivity index (χ0v) is 36.0. The second-order valence-corrected chi connectivity index (χ2v) is 16.8. The molecule has 6 aromatic rings. The van der Waals surface area contributed by atoms with Crippen molar-refractivity contribution in [2.45, 2.75) is 65.1 Å². The van der Waals surface area contributed by atoms with Gasteiger partial charge in [0.1, 0.15) is 35.4 Å². The van der Waals surface area contributed by atoms with Crippen LogP contribution in [0.2, 0.25) is 10.0 Å². The Morgan fingerprint density at radius 3 is 2.47 bits per heavy atom. The van der Waals surface area contributed by atoms with Gasteiger partial charge in [-0.05, 0) is 99.3 Å². The molecule has 17 heteroatoms. The van der Waals surface area contributed by atoms with E-state index in [0.29, 0.717) is 69.6 Å². The number of pyridine rings is 1. The summed E-state index contributed by atoms with van der Waals surface area (Å²) in [5.74, 6) is -1.51. The maximum Gasteiger partial charge on any atom is 0.348 e. The summed E-state index contributed by atoms with van der Waals surface area (Å²) in [6.45, 7) is 8.90. The number of nitrogens with zero attached hydrogens (tertiary/aromatic N) is 4. The first kappa shape index (κ1) is 43.9. The van der Waals surface area contributed by atoms with E-state index >= 15 is 4.39 Å². The lowest BCUT2D eigenvalue weighted by Crippen LogP contribution is -2.38. The molecule has 0 radical (unpaired) electrons. The standard InChI is InChI=1S/C45H47Cl2FN8O6/c1-24(2)32-17-34(40(58)19-39(32)57)42-53-54-45(61)56(42)31-9-8-28(36(48)16-31)22-55-12-10-26(11-13-55)44(60)62-23-38(27-6-5-7-30(46)14-27)52-43(59)37-15-29(20-49-37)33-18-41(51-25(3)4)50-21-35(33)47/h5-9,14-21,24-26,38,49,57-58H,10-13,22-23H2,1-4H3,(H,50,51)(H,52,59)(H,54,61). The Labute approximate surface area is 367 Å². The number of carbonyl (C=O) groups is 2. The molecule has 1 amide bonds. The van der Waals surface area contributed by atoms with Gasteiger partial charge in [0.05, 0.1) is 28.2 Å². The Morgan fingerprint density at radius 2 is 1.76 bits per heavy atom. The van der Waals surface area contributed by atoms with Crippen LogP contribution in [0, 0.1) is 11.7 Å². The molecule has 1 fully saturated rings. The normalized spacial score (nSPS) is 14.0. The van der Waals surface area contributed by atoms with Crippen molar-refractivity contribution < 1.29 is 28.9 Å². The molecule has 62 heavy (non-hydrogen) atoms. The van der Waals surface area contributed by atoms with Crippen LogP contribution in [0.5, 0.6) is 11.5 Å². The molecule has 324 valence electrons. The van der Waals surface area contributed by atoms with Crippen molar-refractivity contribution in [3.8, 4) is 39.7 Å². The summed E-state index contributed by atoms with van der Waals surface area (Å²) in [6, 6.07) is 17.1. The lowest BCUT2D eigenvalue weighted by Gasteiger charge is -2.31. The number of anilines is 1. The Hall–Kier alpha value is -6.16. The van der Waals surface area contributed by atoms with Gasteiger partial charge in [0.15, 0.2) is 5.82 Å². The minimum absolute atomic E-state index is 0.0622. The summed E-state index contributed by atoms with van der Waals surface area (Å²) < 4.78 is 22.7. The Kier molecular flexibility index (Phi) is 13.3. The number of H-pyrrole nitrogens is 2. The zero-order chi connectivity index (χ0) is 44.2. The summed E-state index contributed by atoms with van der Waals surface area (Å²) in [7, 11) is 0. The minimum atomic E-state index is -0.715. The summed E-state index contributed by atoms with van der Waals surface area (Å²) in [6.07, 6.45) is 4.20. The SMILES string of the molecule is CC(C)Nc1cc(-c2c[nH]c(C(=O)NC(COC(=O)C3CCN(Cc4ccc(-n5c(-c6cc(C(C)C)c(O)cc6O)n[nH]c5=O)cc4F)CC3)c3cccc(Cl)c3)c2)c(Cl)cn1. The molecular formula is C45H47Cl2FN8O6. The number of nitrogens with one attached hydrogen (secondary N) is 4. The van der Waals surface area contributed by atoms with Gasteiger partial charge in [0.2, 0.25) is 0 Å². The number of piperidine rings is 1. The number of benzene rings is 3. The Morgan fingerprint density at radius 1 is 0.984 bits per heavy atom. The van der Waals surface area contributed by atoms with Crippen LogP contribution in [0.3, 0.4) is 0 Å². The predicted molar refractivity (Wildman–Crippen MR) is 235 cm³/mol. The van der Waals surface area contributed by atoms with Crippen molar-refractivity contribution in [3.63, 3.8) is 0 Å². The number of hydrogen-bond donors (Lipinski definition) is 6. The van der Waals surface area contributed by atoms with E-state index in [1.165, 1.54) is 16.7 Å². The van der Waals surface area contributed by atoms with Crippen molar-refractivity contribution in [1.29, 1.82) is 0 Å². The molecule has 3 aromatic heterocycles. The van der Waals surface area contributed by atoms with E-state index in [9.17, 15) is 24.6 Å². The first-order valence-electron chi connectivity index (χ1n) is 20.2. The number of amides is 1. The smallest absolute Gasteiger partial charge is 0.348 e. The number of halogens is 3. The van der Waals surface area contributed by atoms with Crippen LogP contribution in [0.4, 0.5) is 10.2 Å². The molecular weight excluding hydrogens is 838 g/mol. The largest absolute Gasteiger partial charge is 0.508 e. The third-order valence-electron chi connectivity index (χ3n) is 10.8. The van der Waals surface area contributed by atoms with Crippen LogP contribution in [0.1, 0.15) is 79.7 Å². The molecule has 1 unspecified atom stereocenters. The number of phenolic OH excluding ortho intramolecular Hbond substituents is 2. The molecule has 1 saturated heterocycles. The van der Waals surface area contributed by atoms with Gasteiger partial charge in [0.25, 0.3) is 5.91 Å². The molecule has 0 spiro atoms. The lowest BCUT2D eigenvalue weighted by atomic mass is 9.96.